The molecule has 0 radical (unpaired) electrons. The third kappa shape index (κ3) is 4.77. The minimum Gasteiger partial charge on any atom is -0.483 e. The first kappa shape index (κ1) is 20.3. The highest BCUT2D eigenvalue weighted by molar-refractivity contribution is 7.93. The predicted molar refractivity (Wildman–Crippen MR) is 114 cm³/mol. The summed E-state index contributed by atoms with van der Waals surface area (Å²) in [6, 6.07) is 7.69. The summed E-state index contributed by atoms with van der Waals surface area (Å²) in [6.07, 6.45) is 7.28. The van der Waals surface area contributed by atoms with Crippen molar-refractivity contribution < 1.29 is 17.9 Å². The van der Waals surface area contributed by atoms with E-state index in [1.165, 1.54) is 41.8 Å². The van der Waals surface area contributed by atoms with Gasteiger partial charge in [0.05, 0.1) is 4.90 Å². The molecule has 1 aliphatic rings. The number of aryl methyl sites for hydroxylation is 1. The molecule has 0 bridgehead atoms. The lowest BCUT2D eigenvalue weighted by Crippen LogP contribution is -2.21. The van der Waals surface area contributed by atoms with Gasteiger partial charge in [0.15, 0.2) is 11.7 Å². The van der Waals surface area contributed by atoms with Crippen LogP contribution in [0, 0.1) is 0 Å². The van der Waals surface area contributed by atoms with Crippen LogP contribution in [0.3, 0.4) is 0 Å². The van der Waals surface area contributed by atoms with Crippen LogP contribution < -0.4 is 14.8 Å². The van der Waals surface area contributed by atoms with Gasteiger partial charge in [0.2, 0.25) is 0 Å². The second-order valence-corrected chi connectivity index (χ2v) is 9.32. The molecule has 1 aliphatic carbocycles. The number of pyridine rings is 1. The molecule has 30 heavy (non-hydrogen) atoms. The Bertz CT molecular complexity index is 1130. The lowest BCUT2D eigenvalue weighted by atomic mass is 9.95. The van der Waals surface area contributed by atoms with Gasteiger partial charge in [-0.25, -0.2) is 13.4 Å². The highest BCUT2D eigenvalue weighted by atomic mass is 32.2. The van der Waals surface area contributed by atoms with Crippen molar-refractivity contribution in [2.45, 2.75) is 30.6 Å². The van der Waals surface area contributed by atoms with Gasteiger partial charge in [0, 0.05) is 34.7 Å². The predicted octanol–water partition coefficient (Wildman–Crippen LogP) is 3.24. The van der Waals surface area contributed by atoms with Crippen LogP contribution >= 0.6 is 11.3 Å². The first-order chi connectivity index (χ1) is 14.5. The largest absolute Gasteiger partial charge is 0.483 e. The third-order valence-electron chi connectivity index (χ3n) is 4.65. The van der Waals surface area contributed by atoms with Crippen molar-refractivity contribution in [1.29, 1.82) is 0 Å². The number of nitrogens with one attached hydrogen (secondary N) is 2. The van der Waals surface area contributed by atoms with Gasteiger partial charge in [0.25, 0.3) is 15.9 Å². The molecule has 0 saturated heterocycles. The zero-order chi connectivity index (χ0) is 21.0. The van der Waals surface area contributed by atoms with Gasteiger partial charge in [-0.1, -0.05) is 0 Å². The van der Waals surface area contributed by atoms with E-state index in [0.29, 0.717) is 16.6 Å². The minimum absolute atomic E-state index is 0.0790. The van der Waals surface area contributed by atoms with E-state index in [9.17, 15) is 13.2 Å². The van der Waals surface area contributed by atoms with Crippen LogP contribution in [0.25, 0.3) is 0 Å². The SMILES string of the molecule is O=C(COc1ccnc2c1CCCC2)Nc1ccc(S(=O)(=O)Nc2nccs2)cc1. The van der Waals surface area contributed by atoms with Crippen molar-refractivity contribution in [2.24, 2.45) is 0 Å². The number of amides is 1. The number of fused-ring (bicyclic) bond motifs is 1. The first-order valence-corrected chi connectivity index (χ1v) is 11.8. The average Bonchev–Trinajstić information content (AvgIpc) is 3.25. The summed E-state index contributed by atoms with van der Waals surface area (Å²) in [5.41, 5.74) is 2.61. The monoisotopic (exact) mass is 444 g/mol. The standard InChI is InChI=1S/C20H20N4O4S2/c25-19(13-28-18-9-10-21-17-4-2-1-3-16(17)18)23-14-5-7-15(8-6-14)30(26,27)24-20-22-11-12-29-20/h5-12H,1-4,13H2,(H,22,24)(H,23,25). The Morgan fingerprint density at radius 3 is 2.63 bits per heavy atom. The molecule has 0 saturated carbocycles. The van der Waals surface area contributed by atoms with Gasteiger partial charge in [-0.05, 0) is 56.0 Å². The summed E-state index contributed by atoms with van der Waals surface area (Å²) in [5.74, 6) is 0.373. The Balaban J connectivity index is 1.35. The molecule has 2 aromatic heterocycles. The molecular weight excluding hydrogens is 424 g/mol. The Kier molecular flexibility index (Phi) is 5.96. The number of anilines is 2. The molecule has 1 amide bonds. The van der Waals surface area contributed by atoms with Crippen molar-refractivity contribution in [3.05, 3.63) is 59.4 Å². The number of carbonyl (C=O) groups is 1. The number of benzene rings is 1. The van der Waals surface area contributed by atoms with Gasteiger partial charge in [-0.3, -0.25) is 14.5 Å². The van der Waals surface area contributed by atoms with Crippen molar-refractivity contribution >= 4 is 38.1 Å². The highest BCUT2D eigenvalue weighted by Gasteiger charge is 2.17. The Labute approximate surface area is 178 Å². The third-order valence-corrected chi connectivity index (χ3v) is 6.83. The summed E-state index contributed by atoms with van der Waals surface area (Å²) in [7, 11) is -3.73. The van der Waals surface area contributed by atoms with Gasteiger partial charge < -0.3 is 10.1 Å². The summed E-state index contributed by atoms with van der Waals surface area (Å²) in [6.45, 7) is -0.137. The smallest absolute Gasteiger partial charge is 0.263 e. The molecule has 0 fully saturated rings. The number of thiazole rings is 1. The summed E-state index contributed by atoms with van der Waals surface area (Å²) < 4.78 is 32.8. The fourth-order valence-corrected chi connectivity index (χ4v) is 5.02. The van der Waals surface area contributed by atoms with Crippen LogP contribution in [0.5, 0.6) is 5.75 Å². The van der Waals surface area contributed by atoms with Crippen LogP contribution in [0.4, 0.5) is 10.8 Å². The average molecular weight is 445 g/mol. The van der Waals surface area contributed by atoms with E-state index >= 15 is 0 Å². The molecule has 2 N–H and O–H groups in total. The maximum absolute atomic E-state index is 12.4. The van der Waals surface area contributed by atoms with Crippen molar-refractivity contribution in [1.82, 2.24) is 9.97 Å². The molecule has 2 heterocycles. The summed E-state index contributed by atoms with van der Waals surface area (Å²) >= 11 is 1.19. The molecule has 0 aliphatic heterocycles. The molecular formula is C20H20N4O4S2. The van der Waals surface area contributed by atoms with Crippen LogP contribution in [0.1, 0.15) is 24.1 Å². The Morgan fingerprint density at radius 1 is 1.07 bits per heavy atom. The van der Waals surface area contributed by atoms with E-state index in [0.717, 1.165) is 36.9 Å². The van der Waals surface area contributed by atoms with Gasteiger partial charge in [-0.2, -0.15) is 0 Å². The molecule has 8 nitrogen and oxygen atoms in total. The zero-order valence-electron chi connectivity index (χ0n) is 16.0. The molecule has 0 atom stereocenters. The van der Waals surface area contributed by atoms with Crippen molar-refractivity contribution in [3.63, 3.8) is 0 Å². The number of aromatic nitrogens is 2. The van der Waals surface area contributed by atoms with Gasteiger partial charge >= 0.3 is 0 Å². The second-order valence-electron chi connectivity index (χ2n) is 6.75. The zero-order valence-corrected chi connectivity index (χ0v) is 17.6. The quantitative estimate of drug-likeness (QED) is 0.579. The van der Waals surface area contributed by atoms with E-state index in [-0.39, 0.29) is 17.4 Å². The van der Waals surface area contributed by atoms with E-state index in [4.69, 9.17) is 4.74 Å². The molecule has 1 aromatic carbocycles. The summed E-state index contributed by atoms with van der Waals surface area (Å²) in [5, 5.41) is 4.69. The molecule has 4 rings (SSSR count). The van der Waals surface area contributed by atoms with Crippen LogP contribution in [0.15, 0.2) is 53.0 Å². The second kappa shape index (κ2) is 8.80. The molecule has 0 spiro atoms. The number of sulfonamides is 1. The highest BCUT2D eigenvalue weighted by Crippen LogP contribution is 2.28. The van der Waals surface area contributed by atoms with E-state index < -0.39 is 10.0 Å². The lowest BCUT2D eigenvalue weighted by molar-refractivity contribution is -0.118. The molecule has 0 unspecified atom stereocenters. The number of hydrogen-bond acceptors (Lipinski definition) is 7. The normalized spacial score (nSPS) is 13.3. The number of carbonyl (C=O) groups excluding carboxylic acids is 1. The van der Waals surface area contributed by atoms with Gasteiger partial charge in [-0.15, -0.1) is 11.3 Å². The maximum Gasteiger partial charge on any atom is 0.263 e. The Morgan fingerprint density at radius 2 is 1.87 bits per heavy atom. The van der Waals surface area contributed by atoms with Crippen LogP contribution in [-0.2, 0) is 27.7 Å². The number of rotatable bonds is 7. The first-order valence-electron chi connectivity index (χ1n) is 9.43. The number of hydrogen-bond donors (Lipinski definition) is 2. The van der Waals surface area contributed by atoms with Crippen LogP contribution in [-0.4, -0.2) is 30.9 Å². The molecule has 3 aromatic rings. The number of ether oxygens (including phenoxy) is 1. The summed E-state index contributed by atoms with van der Waals surface area (Å²) in [4.78, 5) is 20.6. The maximum atomic E-state index is 12.4. The topological polar surface area (TPSA) is 110 Å². The van der Waals surface area contributed by atoms with Crippen molar-refractivity contribution in [3.8, 4) is 5.75 Å². The van der Waals surface area contributed by atoms with E-state index in [2.05, 4.69) is 20.0 Å². The van der Waals surface area contributed by atoms with Crippen molar-refractivity contribution in [2.75, 3.05) is 16.6 Å². The molecule has 10 heteroatoms. The molecule has 156 valence electrons. The van der Waals surface area contributed by atoms with Gasteiger partial charge in [0.1, 0.15) is 5.75 Å². The lowest BCUT2D eigenvalue weighted by Gasteiger charge is -2.18. The fraction of sp³-hybridized carbons (Fsp3) is 0.250. The van der Waals surface area contributed by atoms with Crippen LogP contribution in [0.2, 0.25) is 0 Å². The van der Waals surface area contributed by atoms with E-state index in [1.54, 1.807) is 17.6 Å². The number of nitrogens with zero attached hydrogens (tertiary/aromatic N) is 2. The Hall–Kier alpha value is -2.98. The minimum atomic E-state index is -3.73. The van der Waals surface area contributed by atoms with E-state index in [1.807, 2.05) is 0 Å². The fourth-order valence-electron chi connectivity index (χ4n) is 3.23.